The Hall–Kier alpha value is -2.47. The number of para-hydroxylation sites is 1. The molecule has 2 aromatic rings. The molecule has 1 amide bonds. The summed E-state index contributed by atoms with van der Waals surface area (Å²) in [5.74, 6) is 0.679. The Balaban J connectivity index is 1.82. The zero-order valence-electron chi connectivity index (χ0n) is 11.8. The Morgan fingerprint density at radius 1 is 1.18 bits per heavy atom. The van der Waals surface area contributed by atoms with Crippen molar-refractivity contribution in [2.45, 2.75) is 5.25 Å². The standard InChI is InChI=1S/C16H14N2O3S/c1-21-11-8-6-10(7-9-11)17-16-18-15(20)14(22-16)12-4-2-3-5-13(12)19/h2-9,14,19H,1H3,(H,17,18,20). The zero-order valence-corrected chi connectivity index (χ0v) is 12.6. The van der Waals surface area contributed by atoms with Gasteiger partial charge in [-0.3, -0.25) is 4.79 Å². The van der Waals surface area contributed by atoms with E-state index in [4.69, 9.17) is 4.74 Å². The van der Waals surface area contributed by atoms with E-state index in [1.165, 1.54) is 11.8 Å². The van der Waals surface area contributed by atoms with Gasteiger partial charge in [-0.25, -0.2) is 4.99 Å². The topological polar surface area (TPSA) is 70.9 Å². The summed E-state index contributed by atoms with van der Waals surface area (Å²) in [6.45, 7) is 0. The lowest BCUT2D eigenvalue weighted by atomic mass is 10.1. The highest BCUT2D eigenvalue weighted by Crippen LogP contribution is 2.39. The van der Waals surface area contributed by atoms with Gasteiger partial charge in [0.1, 0.15) is 16.7 Å². The van der Waals surface area contributed by atoms with Crippen molar-refractivity contribution in [2.75, 3.05) is 7.11 Å². The van der Waals surface area contributed by atoms with E-state index in [2.05, 4.69) is 10.3 Å². The summed E-state index contributed by atoms with van der Waals surface area (Å²) >= 11 is 1.29. The Morgan fingerprint density at radius 3 is 2.59 bits per heavy atom. The minimum absolute atomic E-state index is 0.112. The monoisotopic (exact) mass is 314 g/mol. The first-order valence-electron chi connectivity index (χ1n) is 6.65. The van der Waals surface area contributed by atoms with Gasteiger partial charge in [0.2, 0.25) is 5.91 Å². The molecule has 0 bridgehead atoms. The summed E-state index contributed by atoms with van der Waals surface area (Å²) < 4.78 is 5.09. The molecule has 1 aliphatic heterocycles. The van der Waals surface area contributed by atoms with Crippen LogP contribution in [0.4, 0.5) is 5.69 Å². The molecule has 1 saturated heterocycles. The van der Waals surface area contributed by atoms with Gasteiger partial charge in [0, 0.05) is 5.56 Å². The summed E-state index contributed by atoms with van der Waals surface area (Å²) in [7, 11) is 1.60. The largest absolute Gasteiger partial charge is 0.508 e. The number of hydrogen-bond donors (Lipinski definition) is 2. The van der Waals surface area contributed by atoms with Crippen LogP contribution in [0, 0.1) is 0 Å². The number of hydrogen-bond acceptors (Lipinski definition) is 5. The Labute approximate surface area is 132 Å². The summed E-state index contributed by atoms with van der Waals surface area (Å²) in [5, 5.41) is 12.6. The summed E-state index contributed by atoms with van der Waals surface area (Å²) in [5.41, 5.74) is 1.31. The lowest BCUT2D eigenvalue weighted by molar-refractivity contribution is -0.118. The Morgan fingerprint density at radius 2 is 1.91 bits per heavy atom. The third kappa shape index (κ3) is 2.92. The number of amides is 1. The van der Waals surface area contributed by atoms with Crippen LogP contribution in [0.1, 0.15) is 10.8 Å². The summed E-state index contributed by atoms with van der Waals surface area (Å²) in [6, 6.07) is 14.1. The third-order valence-electron chi connectivity index (χ3n) is 3.22. The maximum atomic E-state index is 12.1. The van der Waals surface area contributed by atoms with Crippen LogP contribution in [-0.4, -0.2) is 23.3 Å². The first kappa shape index (κ1) is 14.5. The number of rotatable bonds is 3. The van der Waals surface area contributed by atoms with Crippen molar-refractivity contribution in [1.82, 2.24) is 5.32 Å². The van der Waals surface area contributed by atoms with E-state index in [-0.39, 0.29) is 11.7 Å². The minimum Gasteiger partial charge on any atom is -0.508 e. The lowest BCUT2D eigenvalue weighted by Crippen LogP contribution is -2.21. The number of amidine groups is 1. The summed E-state index contributed by atoms with van der Waals surface area (Å²) in [4.78, 5) is 16.5. The highest BCUT2D eigenvalue weighted by molar-refractivity contribution is 8.15. The maximum Gasteiger partial charge on any atom is 0.244 e. The van der Waals surface area contributed by atoms with Crippen LogP contribution in [-0.2, 0) is 4.79 Å². The van der Waals surface area contributed by atoms with Crippen molar-refractivity contribution in [3.05, 3.63) is 54.1 Å². The fourth-order valence-electron chi connectivity index (χ4n) is 2.11. The zero-order chi connectivity index (χ0) is 15.5. The number of phenolic OH excluding ortho intramolecular Hbond substituents is 1. The average Bonchev–Trinajstić information content (AvgIpc) is 2.89. The predicted molar refractivity (Wildman–Crippen MR) is 86.7 cm³/mol. The molecular weight excluding hydrogens is 300 g/mol. The second-order valence-corrected chi connectivity index (χ2v) is 5.75. The number of aliphatic imine (C=N–C) groups is 1. The van der Waals surface area contributed by atoms with E-state index >= 15 is 0 Å². The first-order chi connectivity index (χ1) is 10.7. The molecule has 0 saturated carbocycles. The van der Waals surface area contributed by atoms with E-state index < -0.39 is 5.25 Å². The van der Waals surface area contributed by atoms with Gasteiger partial charge in [0.25, 0.3) is 0 Å². The maximum absolute atomic E-state index is 12.1. The van der Waals surface area contributed by atoms with E-state index in [0.29, 0.717) is 10.7 Å². The Kier molecular flexibility index (Phi) is 4.02. The van der Waals surface area contributed by atoms with Gasteiger partial charge >= 0.3 is 0 Å². The van der Waals surface area contributed by atoms with Gasteiger partial charge < -0.3 is 15.2 Å². The van der Waals surface area contributed by atoms with Crippen LogP contribution in [0.2, 0.25) is 0 Å². The minimum atomic E-state index is -0.488. The van der Waals surface area contributed by atoms with Crippen molar-refractivity contribution in [3.63, 3.8) is 0 Å². The number of carbonyl (C=O) groups is 1. The molecule has 0 radical (unpaired) electrons. The number of methoxy groups -OCH3 is 1. The van der Waals surface area contributed by atoms with Gasteiger partial charge in [0.05, 0.1) is 12.8 Å². The number of aromatic hydroxyl groups is 1. The van der Waals surface area contributed by atoms with Crippen molar-refractivity contribution < 1.29 is 14.6 Å². The molecule has 2 aromatic carbocycles. The number of benzene rings is 2. The Bertz CT molecular complexity index is 728. The van der Waals surface area contributed by atoms with Gasteiger partial charge in [0.15, 0.2) is 5.17 Å². The molecule has 1 fully saturated rings. The number of ether oxygens (including phenoxy) is 1. The quantitative estimate of drug-likeness (QED) is 0.913. The molecule has 0 aliphatic carbocycles. The van der Waals surface area contributed by atoms with E-state index in [1.54, 1.807) is 43.5 Å². The van der Waals surface area contributed by atoms with Crippen molar-refractivity contribution in [3.8, 4) is 11.5 Å². The number of thioether (sulfide) groups is 1. The van der Waals surface area contributed by atoms with Gasteiger partial charge in [-0.1, -0.05) is 30.0 Å². The first-order valence-corrected chi connectivity index (χ1v) is 7.53. The highest BCUT2D eigenvalue weighted by Gasteiger charge is 2.33. The van der Waals surface area contributed by atoms with Crippen LogP contribution < -0.4 is 10.1 Å². The normalized spacial score (nSPS) is 19.2. The van der Waals surface area contributed by atoms with Gasteiger partial charge in [-0.2, -0.15) is 0 Å². The van der Waals surface area contributed by atoms with Crippen molar-refractivity contribution in [1.29, 1.82) is 0 Å². The average molecular weight is 314 g/mol. The second-order valence-electron chi connectivity index (χ2n) is 4.66. The fourth-order valence-corrected chi connectivity index (χ4v) is 3.14. The molecule has 5 nitrogen and oxygen atoms in total. The number of phenols is 1. The van der Waals surface area contributed by atoms with E-state index in [0.717, 1.165) is 11.4 Å². The third-order valence-corrected chi connectivity index (χ3v) is 4.34. The number of nitrogens with zero attached hydrogens (tertiary/aromatic N) is 1. The van der Waals surface area contributed by atoms with Gasteiger partial charge in [-0.05, 0) is 30.3 Å². The molecular formula is C16H14N2O3S. The van der Waals surface area contributed by atoms with E-state index in [9.17, 15) is 9.90 Å². The predicted octanol–water partition coefficient (Wildman–Crippen LogP) is 2.99. The van der Waals surface area contributed by atoms with Crippen LogP contribution in [0.15, 0.2) is 53.5 Å². The molecule has 0 aromatic heterocycles. The van der Waals surface area contributed by atoms with E-state index in [1.807, 2.05) is 12.1 Å². The SMILES string of the molecule is COc1ccc(N=C2NC(=O)C(c3ccccc3O)S2)cc1. The smallest absolute Gasteiger partial charge is 0.244 e. The second kappa shape index (κ2) is 6.11. The molecule has 1 unspecified atom stereocenters. The highest BCUT2D eigenvalue weighted by atomic mass is 32.2. The van der Waals surface area contributed by atoms with Crippen LogP contribution in [0.3, 0.4) is 0 Å². The molecule has 3 rings (SSSR count). The number of nitrogens with one attached hydrogen (secondary N) is 1. The molecule has 1 heterocycles. The molecule has 1 aliphatic rings. The van der Waals surface area contributed by atoms with Crippen LogP contribution >= 0.6 is 11.8 Å². The summed E-state index contributed by atoms with van der Waals surface area (Å²) in [6.07, 6.45) is 0. The molecule has 6 heteroatoms. The van der Waals surface area contributed by atoms with Crippen LogP contribution in [0.25, 0.3) is 0 Å². The number of carbonyl (C=O) groups excluding carboxylic acids is 1. The molecule has 22 heavy (non-hydrogen) atoms. The lowest BCUT2D eigenvalue weighted by Gasteiger charge is -2.07. The molecule has 0 spiro atoms. The molecule has 112 valence electrons. The van der Waals surface area contributed by atoms with Crippen molar-refractivity contribution >= 4 is 28.5 Å². The molecule has 2 N–H and O–H groups in total. The fraction of sp³-hybridized carbons (Fsp3) is 0.125. The van der Waals surface area contributed by atoms with Crippen LogP contribution in [0.5, 0.6) is 11.5 Å². The molecule has 1 atom stereocenters. The van der Waals surface area contributed by atoms with Gasteiger partial charge in [-0.15, -0.1) is 0 Å². The van der Waals surface area contributed by atoms with Crippen molar-refractivity contribution in [2.24, 2.45) is 4.99 Å².